The quantitative estimate of drug-likeness (QED) is 0.521. The SMILES string of the molecule is CCOC(=O)C1=NN(c2ccc(F)cc2)C2=NC3=C(CCc4ccccc43)C(c3cccnc3)N12. The molecule has 1 aromatic heterocycles. The molecule has 1 unspecified atom stereocenters. The third kappa shape index (κ3) is 3.49. The number of hydrogen-bond acceptors (Lipinski definition) is 7. The topological polar surface area (TPSA) is 70.4 Å². The van der Waals surface area contributed by atoms with Crippen LogP contribution in [0.2, 0.25) is 0 Å². The molecule has 0 saturated carbocycles. The second-order valence-corrected chi connectivity index (χ2v) is 8.43. The summed E-state index contributed by atoms with van der Waals surface area (Å²) in [5, 5.41) is 6.22. The maximum Gasteiger partial charge on any atom is 0.376 e. The summed E-state index contributed by atoms with van der Waals surface area (Å²) in [5.41, 5.74) is 5.78. The van der Waals surface area contributed by atoms with Crippen LogP contribution in [0.3, 0.4) is 0 Å². The number of hydrogen-bond donors (Lipinski definition) is 0. The van der Waals surface area contributed by atoms with Crippen molar-refractivity contribution in [3.63, 3.8) is 0 Å². The van der Waals surface area contributed by atoms with E-state index >= 15 is 0 Å². The molecule has 0 fully saturated rings. The van der Waals surface area contributed by atoms with Crippen molar-refractivity contribution in [1.29, 1.82) is 0 Å². The Morgan fingerprint density at radius 3 is 2.69 bits per heavy atom. The fraction of sp³-hybridized carbons (Fsp3) is 0.185. The Kier molecular flexibility index (Phi) is 5.13. The van der Waals surface area contributed by atoms with Crippen molar-refractivity contribution in [2.75, 3.05) is 11.6 Å². The Bertz CT molecular complexity index is 1400. The van der Waals surface area contributed by atoms with Crippen LogP contribution in [-0.2, 0) is 16.0 Å². The lowest BCUT2D eigenvalue weighted by atomic mass is 9.82. The molecule has 0 N–H and O–H groups in total. The van der Waals surface area contributed by atoms with E-state index in [0.717, 1.165) is 35.2 Å². The molecule has 174 valence electrons. The van der Waals surface area contributed by atoms with Crippen LogP contribution in [0.5, 0.6) is 0 Å². The summed E-state index contributed by atoms with van der Waals surface area (Å²) >= 11 is 0. The number of aromatic nitrogens is 1. The molecular weight excluding hydrogens is 445 g/mol. The first-order valence-corrected chi connectivity index (χ1v) is 11.6. The summed E-state index contributed by atoms with van der Waals surface area (Å²) < 4.78 is 19.1. The molecule has 0 radical (unpaired) electrons. The van der Waals surface area contributed by atoms with Gasteiger partial charge in [-0.15, -0.1) is 5.10 Å². The van der Waals surface area contributed by atoms with Crippen LogP contribution in [0.4, 0.5) is 10.1 Å². The van der Waals surface area contributed by atoms with Gasteiger partial charge in [-0.3, -0.25) is 9.88 Å². The zero-order chi connectivity index (χ0) is 23.9. The lowest BCUT2D eigenvalue weighted by molar-refractivity contribution is -0.135. The summed E-state index contributed by atoms with van der Waals surface area (Å²) in [4.78, 5) is 24.3. The molecule has 6 rings (SSSR count). The molecule has 2 aliphatic heterocycles. The van der Waals surface area contributed by atoms with Gasteiger partial charge in [0, 0.05) is 18.0 Å². The second-order valence-electron chi connectivity index (χ2n) is 8.43. The third-order valence-corrected chi connectivity index (χ3v) is 6.40. The number of aryl methyl sites for hydroxylation is 1. The predicted molar refractivity (Wildman–Crippen MR) is 131 cm³/mol. The summed E-state index contributed by atoms with van der Waals surface area (Å²) in [5.74, 6) is -0.304. The van der Waals surface area contributed by atoms with Crippen molar-refractivity contribution in [3.8, 4) is 0 Å². The number of hydrazone groups is 1. The maximum absolute atomic E-state index is 13.7. The smallest absolute Gasteiger partial charge is 0.376 e. The maximum atomic E-state index is 13.7. The Balaban J connectivity index is 1.58. The number of esters is 1. The molecule has 2 aromatic carbocycles. The van der Waals surface area contributed by atoms with Gasteiger partial charge >= 0.3 is 5.97 Å². The molecule has 8 heteroatoms. The summed E-state index contributed by atoms with van der Waals surface area (Å²) in [6.07, 6.45) is 5.19. The van der Waals surface area contributed by atoms with Crippen molar-refractivity contribution >= 4 is 29.1 Å². The summed E-state index contributed by atoms with van der Waals surface area (Å²) in [7, 11) is 0. The van der Waals surface area contributed by atoms with Crippen molar-refractivity contribution in [1.82, 2.24) is 9.88 Å². The number of rotatable bonds is 4. The Morgan fingerprint density at radius 1 is 1.09 bits per heavy atom. The van der Waals surface area contributed by atoms with Crippen LogP contribution < -0.4 is 5.01 Å². The van der Waals surface area contributed by atoms with E-state index in [2.05, 4.69) is 22.2 Å². The zero-order valence-electron chi connectivity index (χ0n) is 19.1. The molecule has 0 amide bonds. The lowest BCUT2D eigenvalue weighted by Crippen LogP contribution is -2.46. The van der Waals surface area contributed by atoms with Gasteiger partial charge in [-0.2, -0.15) is 5.01 Å². The van der Waals surface area contributed by atoms with Crippen molar-refractivity contribution < 1.29 is 13.9 Å². The average molecular weight is 468 g/mol. The van der Waals surface area contributed by atoms with Crippen molar-refractivity contribution in [2.24, 2.45) is 10.1 Å². The molecule has 7 nitrogen and oxygen atoms in total. The molecule has 3 aliphatic rings. The standard InChI is InChI=1S/C27H22FN5O2/c1-2-35-26(34)25-31-33(20-12-10-19(28)11-13-20)27-30-23-21-8-4-3-6-17(21)9-14-22(23)24(32(25)27)18-7-5-15-29-16-18/h3-8,10-13,15-16,24H,2,9,14H2,1H3. The van der Waals surface area contributed by atoms with Gasteiger partial charge in [0.25, 0.3) is 0 Å². The van der Waals surface area contributed by atoms with E-state index in [4.69, 9.17) is 9.73 Å². The molecule has 3 aromatic rings. The number of fused-ring (bicyclic) bond motifs is 3. The highest BCUT2D eigenvalue weighted by Gasteiger charge is 2.46. The Labute approximate surface area is 201 Å². The second kappa shape index (κ2) is 8.47. The van der Waals surface area contributed by atoms with E-state index < -0.39 is 5.97 Å². The first-order valence-electron chi connectivity index (χ1n) is 11.6. The molecule has 0 saturated heterocycles. The number of pyridine rings is 1. The van der Waals surface area contributed by atoms with Gasteiger partial charge in [0.05, 0.1) is 24.0 Å². The molecule has 1 atom stereocenters. The van der Waals surface area contributed by atoms with Crippen LogP contribution in [0.1, 0.15) is 36.1 Å². The van der Waals surface area contributed by atoms with Crippen molar-refractivity contribution in [3.05, 3.63) is 101 Å². The lowest BCUT2D eigenvalue weighted by Gasteiger charge is -2.38. The van der Waals surface area contributed by atoms with E-state index in [9.17, 15) is 9.18 Å². The van der Waals surface area contributed by atoms with Crippen LogP contribution in [0.15, 0.2) is 88.7 Å². The van der Waals surface area contributed by atoms with Crippen LogP contribution >= 0.6 is 0 Å². The highest BCUT2D eigenvalue weighted by atomic mass is 19.1. The molecule has 35 heavy (non-hydrogen) atoms. The first-order chi connectivity index (χ1) is 17.2. The average Bonchev–Trinajstić information content (AvgIpc) is 3.27. The van der Waals surface area contributed by atoms with Gasteiger partial charge in [0.2, 0.25) is 11.8 Å². The number of halogens is 1. The Hall–Kier alpha value is -4.33. The normalized spacial score (nSPS) is 18.4. The minimum Gasteiger partial charge on any atom is -0.460 e. The fourth-order valence-corrected chi connectivity index (χ4v) is 4.89. The Morgan fingerprint density at radius 2 is 1.91 bits per heavy atom. The van der Waals surface area contributed by atoms with E-state index in [-0.39, 0.29) is 24.3 Å². The number of nitrogens with zero attached hydrogens (tertiary/aromatic N) is 5. The number of carbonyl (C=O) groups excluding carboxylic acids is 1. The van der Waals surface area contributed by atoms with Gasteiger partial charge < -0.3 is 4.74 Å². The van der Waals surface area contributed by atoms with Crippen LogP contribution in [0.25, 0.3) is 5.70 Å². The monoisotopic (exact) mass is 467 g/mol. The number of amidine groups is 1. The number of guanidine groups is 1. The molecular formula is C27H22FN5O2. The van der Waals surface area contributed by atoms with Gasteiger partial charge in [-0.05, 0) is 66.8 Å². The van der Waals surface area contributed by atoms with Crippen LogP contribution in [-0.4, -0.2) is 34.3 Å². The van der Waals surface area contributed by atoms with Crippen LogP contribution in [0, 0.1) is 5.82 Å². The van der Waals surface area contributed by atoms with Gasteiger partial charge in [0.1, 0.15) is 5.82 Å². The number of anilines is 1. The van der Waals surface area contributed by atoms with E-state index in [1.54, 1.807) is 30.3 Å². The highest BCUT2D eigenvalue weighted by Crippen LogP contribution is 2.46. The summed E-state index contributed by atoms with van der Waals surface area (Å²) in [6.45, 7) is 1.97. The number of benzene rings is 2. The van der Waals surface area contributed by atoms with Crippen molar-refractivity contribution in [2.45, 2.75) is 25.8 Å². The minimum atomic E-state index is -0.543. The van der Waals surface area contributed by atoms with E-state index in [0.29, 0.717) is 11.6 Å². The summed E-state index contributed by atoms with van der Waals surface area (Å²) in [6, 6.07) is 17.7. The molecule has 3 heterocycles. The number of carbonyl (C=O) groups is 1. The number of ether oxygens (including phenoxy) is 1. The zero-order valence-corrected chi connectivity index (χ0v) is 19.1. The third-order valence-electron chi connectivity index (χ3n) is 6.40. The van der Waals surface area contributed by atoms with E-state index in [1.165, 1.54) is 17.7 Å². The van der Waals surface area contributed by atoms with Gasteiger partial charge in [0.15, 0.2) is 0 Å². The largest absolute Gasteiger partial charge is 0.460 e. The molecule has 1 aliphatic carbocycles. The van der Waals surface area contributed by atoms with E-state index in [1.807, 2.05) is 35.4 Å². The van der Waals surface area contributed by atoms with Gasteiger partial charge in [-0.1, -0.05) is 30.3 Å². The minimum absolute atomic E-state index is 0.134. The molecule has 0 spiro atoms. The fourth-order valence-electron chi connectivity index (χ4n) is 4.89. The molecule has 0 bridgehead atoms. The number of aliphatic imine (C=N–C) groups is 1. The predicted octanol–water partition coefficient (Wildman–Crippen LogP) is 4.69. The van der Waals surface area contributed by atoms with Gasteiger partial charge in [-0.25, -0.2) is 14.2 Å². The highest BCUT2D eigenvalue weighted by molar-refractivity contribution is 6.41. The first kappa shape index (κ1) is 21.2.